The molecule has 6 rings (SSSR count). The Labute approximate surface area is 293 Å². The molecule has 0 saturated carbocycles. The largest absolute Gasteiger partial charge is 0.497 e. The van der Waals surface area contributed by atoms with E-state index in [1.807, 2.05) is 117 Å². The van der Waals surface area contributed by atoms with E-state index in [0.717, 1.165) is 27.3 Å². The molecule has 0 bridgehead atoms. The van der Waals surface area contributed by atoms with Crippen LogP contribution in [0.3, 0.4) is 0 Å². The summed E-state index contributed by atoms with van der Waals surface area (Å²) in [4.78, 5) is 1.06. The Hall–Kier alpha value is -3.25. The van der Waals surface area contributed by atoms with Crippen LogP contribution in [-0.2, 0) is 48.2 Å². The van der Waals surface area contributed by atoms with Crippen molar-refractivity contribution in [3.8, 4) is 5.75 Å². The van der Waals surface area contributed by atoms with E-state index in [4.69, 9.17) is 33.2 Å². The molecule has 9 atom stereocenters. The minimum absolute atomic E-state index is 0.233. The molecule has 8 nitrogen and oxygen atoms in total. The van der Waals surface area contributed by atoms with Crippen LogP contribution >= 0.6 is 11.8 Å². The minimum Gasteiger partial charge on any atom is -0.497 e. The van der Waals surface area contributed by atoms with Gasteiger partial charge in [0, 0.05) is 11.3 Å². The SMILES string of the molecule is COc1ccc(CO[C@H]2[C@@H](O)C[C@@H](O[C@@H]3[C@@H](OCc4ccccc4)[C@H](Sc4ccccc4)O[C@H](C)[C@H]3OCc3ccccc3)O[C@@H]2C)cc1. The number of benzene rings is 4. The lowest BCUT2D eigenvalue weighted by atomic mass is 9.98. The molecule has 4 aromatic rings. The van der Waals surface area contributed by atoms with Crippen molar-refractivity contribution in [3.63, 3.8) is 0 Å². The molecule has 0 amide bonds. The van der Waals surface area contributed by atoms with Crippen molar-refractivity contribution >= 4 is 11.8 Å². The molecule has 2 saturated heterocycles. The normalized spacial score (nSPS) is 28.6. The number of methoxy groups -OCH3 is 1. The van der Waals surface area contributed by atoms with Gasteiger partial charge in [-0.1, -0.05) is 103 Å². The molecule has 0 aliphatic carbocycles. The quantitative estimate of drug-likeness (QED) is 0.148. The van der Waals surface area contributed by atoms with Gasteiger partial charge in [0.2, 0.25) is 0 Å². The molecule has 2 aliphatic heterocycles. The Morgan fingerprint density at radius 1 is 0.612 bits per heavy atom. The fourth-order valence-corrected chi connectivity index (χ4v) is 7.42. The third-order valence-corrected chi connectivity index (χ3v) is 10.0. The van der Waals surface area contributed by atoms with Gasteiger partial charge < -0.3 is 38.3 Å². The molecule has 1 N–H and O–H groups in total. The average molecular weight is 687 g/mol. The van der Waals surface area contributed by atoms with Crippen molar-refractivity contribution in [1.29, 1.82) is 0 Å². The van der Waals surface area contributed by atoms with Gasteiger partial charge in [-0.3, -0.25) is 0 Å². The van der Waals surface area contributed by atoms with Crippen molar-refractivity contribution in [3.05, 3.63) is 132 Å². The maximum absolute atomic E-state index is 11.3. The summed E-state index contributed by atoms with van der Waals surface area (Å²) in [5, 5.41) is 11.3. The number of ether oxygens (including phenoxy) is 7. The van der Waals surface area contributed by atoms with E-state index >= 15 is 0 Å². The van der Waals surface area contributed by atoms with Gasteiger partial charge in [-0.15, -0.1) is 0 Å². The Morgan fingerprint density at radius 3 is 1.69 bits per heavy atom. The second-order valence-corrected chi connectivity index (χ2v) is 13.6. The molecule has 4 aromatic carbocycles. The zero-order chi connectivity index (χ0) is 34.0. The third-order valence-electron chi connectivity index (χ3n) is 8.85. The lowest BCUT2D eigenvalue weighted by molar-refractivity contribution is -0.314. The summed E-state index contributed by atoms with van der Waals surface area (Å²) in [6.07, 6.45) is -4.12. The first-order chi connectivity index (χ1) is 24.0. The van der Waals surface area contributed by atoms with E-state index in [2.05, 4.69) is 12.1 Å². The zero-order valence-corrected chi connectivity index (χ0v) is 29.0. The van der Waals surface area contributed by atoms with Gasteiger partial charge in [0.1, 0.15) is 35.6 Å². The van der Waals surface area contributed by atoms with E-state index in [0.29, 0.717) is 19.8 Å². The molecule has 2 heterocycles. The van der Waals surface area contributed by atoms with Gasteiger partial charge in [0.25, 0.3) is 0 Å². The second-order valence-electron chi connectivity index (χ2n) is 12.5. The Balaban J connectivity index is 1.21. The highest BCUT2D eigenvalue weighted by Gasteiger charge is 2.49. The number of aliphatic hydroxyl groups is 1. The lowest BCUT2D eigenvalue weighted by Gasteiger charge is -2.47. The van der Waals surface area contributed by atoms with E-state index in [1.165, 1.54) is 0 Å². The number of thioether (sulfide) groups is 1. The lowest BCUT2D eigenvalue weighted by Crippen LogP contribution is -2.60. The number of hydrogen-bond donors (Lipinski definition) is 1. The molecule has 260 valence electrons. The summed E-state index contributed by atoms with van der Waals surface area (Å²) >= 11 is 1.60. The fraction of sp³-hybridized carbons (Fsp3) is 0.400. The molecule has 0 aromatic heterocycles. The molecule has 0 radical (unpaired) electrons. The van der Waals surface area contributed by atoms with Crippen LogP contribution in [0.15, 0.2) is 120 Å². The van der Waals surface area contributed by atoms with Crippen LogP contribution in [0.25, 0.3) is 0 Å². The highest BCUT2D eigenvalue weighted by molar-refractivity contribution is 7.99. The standard InChI is InChI=1S/C40H46O8S/c1-27-36(43-26-31-19-21-32(42-3)22-20-31)34(41)23-35(46-27)48-38-37(44-24-29-13-7-4-8-14-29)28(2)47-40(49-33-17-11-6-12-18-33)39(38)45-25-30-15-9-5-10-16-30/h4-22,27-28,34-41H,23-26H2,1-3H3/t27-,28-,34+,35-,36-,37-,38+,39-,40+/m1/s1. The van der Waals surface area contributed by atoms with Crippen molar-refractivity contribution < 1.29 is 38.3 Å². The van der Waals surface area contributed by atoms with Crippen LogP contribution in [0.2, 0.25) is 0 Å². The van der Waals surface area contributed by atoms with Crippen molar-refractivity contribution in [2.75, 3.05) is 7.11 Å². The summed E-state index contributed by atoms with van der Waals surface area (Å²) in [6.45, 7) is 5.01. The van der Waals surface area contributed by atoms with Crippen LogP contribution in [0.1, 0.15) is 37.0 Å². The molecular weight excluding hydrogens is 640 g/mol. The van der Waals surface area contributed by atoms with Gasteiger partial charge in [-0.2, -0.15) is 0 Å². The Bertz CT molecular complexity index is 1510. The third kappa shape index (κ3) is 9.72. The van der Waals surface area contributed by atoms with E-state index in [-0.39, 0.29) is 12.5 Å². The van der Waals surface area contributed by atoms with Crippen molar-refractivity contribution in [1.82, 2.24) is 0 Å². The van der Waals surface area contributed by atoms with Gasteiger partial charge in [0.15, 0.2) is 6.29 Å². The topological polar surface area (TPSA) is 84.8 Å². The second kappa shape index (κ2) is 17.6. The maximum atomic E-state index is 11.3. The molecule has 2 fully saturated rings. The minimum atomic E-state index is -0.800. The monoisotopic (exact) mass is 686 g/mol. The predicted octanol–water partition coefficient (Wildman–Crippen LogP) is 7.17. The van der Waals surface area contributed by atoms with E-state index in [1.54, 1.807) is 18.9 Å². The molecule has 0 spiro atoms. The molecule has 2 aliphatic rings. The van der Waals surface area contributed by atoms with Gasteiger partial charge in [-0.05, 0) is 54.8 Å². The zero-order valence-electron chi connectivity index (χ0n) is 28.2. The average Bonchev–Trinajstić information content (AvgIpc) is 3.12. The summed E-state index contributed by atoms with van der Waals surface area (Å²) in [5.41, 5.74) is 2.67. The number of aliphatic hydroxyl groups excluding tert-OH is 1. The summed E-state index contributed by atoms with van der Waals surface area (Å²) in [5.74, 6) is 0.780. The fourth-order valence-electron chi connectivity index (χ4n) is 6.24. The predicted molar refractivity (Wildman–Crippen MR) is 188 cm³/mol. The number of hydrogen-bond acceptors (Lipinski definition) is 9. The van der Waals surface area contributed by atoms with Crippen LogP contribution in [0.5, 0.6) is 5.75 Å². The summed E-state index contributed by atoms with van der Waals surface area (Å²) in [6, 6.07) is 38.0. The van der Waals surface area contributed by atoms with Gasteiger partial charge in [0.05, 0.1) is 45.2 Å². The van der Waals surface area contributed by atoms with Crippen molar-refractivity contribution in [2.24, 2.45) is 0 Å². The first-order valence-corrected chi connectivity index (χ1v) is 17.8. The molecule has 0 unspecified atom stereocenters. The molecule has 49 heavy (non-hydrogen) atoms. The van der Waals surface area contributed by atoms with Gasteiger partial charge >= 0.3 is 0 Å². The maximum Gasteiger partial charge on any atom is 0.161 e. The molecular formula is C40H46O8S. The first-order valence-electron chi connectivity index (χ1n) is 16.9. The molecule has 9 heteroatoms. The first kappa shape index (κ1) is 35.6. The van der Waals surface area contributed by atoms with E-state index < -0.39 is 48.3 Å². The van der Waals surface area contributed by atoms with E-state index in [9.17, 15) is 5.11 Å². The van der Waals surface area contributed by atoms with Crippen molar-refractivity contribution in [2.45, 2.75) is 99.4 Å². The van der Waals surface area contributed by atoms with Crippen LogP contribution in [0.4, 0.5) is 0 Å². The van der Waals surface area contributed by atoms with Gasteiger partial charge in [-0.25, -0.2) is 0 Å². The van der Waals surface area contributed by atoms with Crippen LogP contribution in [0, 0.1) is 0 Å². The highest BCUT2D eigenvalue weighted by Crippen LogP contribution is 2.39. The smallest absolute Gasteiger partial charge is 0.161 e. The Kier molecular flexibility index (Phi) is 12.8. The van der Waals surface area contributed by atoms with Crippen LogP contribution < -0.4 is 4.74 Å². The summed E-state index contributed by atoms with van der Waals surface area (Å²) in [7, 11) is 1.64. The Morgan fingerprint density at radius 2 is 1.12 bits per heavy atom. The summed E-state index contributed by atoms with van der Waals surface area (Å²) < 4.78 is 44.7. The van der Waals surface area contributed by atoms with Crippen LogP contribution in [-0.4, -0.2) is 66.7 Å². The number of rotatable bonds is 14. The highest BCUT2D eigenvalue weighted by atomic mass is 32.2.